The predicted molar refractivity (Wildman–Crippen MR) is 184 cm³/mol. The molecule has 3 aliphatic carbocycles. The number of fused-ring (bicyclic) bond motifs is 5. The van der Waals surface area contributed by atoms with E-state index in [2.05, 4.69) is 6.58 Å². The number of epoxide rings is 1. The first kappa shape index (κ1) is 34.8. The molecule has 53 heavy (non-hydrogen) atoms. The first-order chi connectivity index (χ1) is 25.3. The lowest BCUT2D eigenvalue weighted by Gasteiger charge is -2.63. The topological polar surface area (TPSA) is 174 Å². The lowest BCUT2D eigenvalue weighted by Crippen LogP contribution is -2.83. The minimum atomic E-state index is -2.37. The first-order valence-corrected chi connectivity index (χ1v) is 18.0. The highest BCUT2D eigenvalue weighted by atomic mass is 16.9. The van der Waals surface area contributed by atoms with E-state index >= 15 is 0 Å². The van der Waals surface area contributed by atoms with Gasteiger partial charge in [0, 0.05) is 11.5 Å². The van der Waals surface area contributed by atoms with Crippen LogP contribution in [0, 0.1) is 17.8 Å². The third-order valence-corrected chi connectivity index (χ3v) is 13.1. The fourth-order valence-electron chi connectivity index (χ4n) is 10.8. The van der Waals surface area contributed by atoms with Crippen molar-refractivity contribution in [1.82, 2.24) is 0 Å². The van der Waals surface area contributed by atoms with Crippen molar-refractivity contribution in [3.8, 4) is 0 Å². The van der Waals surface area contributed by atoms with E-state index in [1.54, 1.807) is 112 Å². The van der Waals surface area contributed by atoms with Crippen LogP contribution in [0.15, 0.2) is 103 Å². The van der Waals surface area contributed by atoms with Gasteiger partial charge in [-0.05, 0) is 56.0 Å². The quantitative estimate of drug-likeness (QED) is 0.160. The molecule has 278 valence electrons. The van der Waals surface area contributed by atoms with Crippen LogP contribution in [-0.2, 0) is 34.4 Å². The van der Waals surface area contributed by atoms with E-state index in [-0.39, 0.29) is 23.1 Å². The van der Waals surface area contributed by atoms with E-state index in [9.17, 15) is 30.0 Å². The predicted octanol–water partition coefficient (Wildman–Crippen LogP) is 3.02. The Balaban J connectivity index is 1.29. The summed E-state index contributed by atoms with van der Waals surface area (Å²) >= 11 is 0. The Morgan fingerprint density at radius 3 is 2.00 bits per heavy atom. The number of hydrogen-bond donors (Lipinski definition) is 4. The average Bonchev–Trinajstić information content (AvgIpc) is 3.80. The Morgan fingerprint density at radius 2 is 1.43 bits per heavy atom. The standard InChI is InChI=1S/C41H42O12/c1-22(2)39-29(43)28-31-37(21-42,50-31)34(46)38(47)27(20-23(3)30(38)48-32(44)24-14-8-5-9-15-24)40(28)36(4,35(39)49-33(45)25-16-10-6-11-17-25)51-41(52-39,53-40)26-18-12-7-13-19-26/h5-19,23,27-31,34-35,42-43,46-47H,1,20-21H2,2-4H3. The molecule has 3 heterocycles. The molecule has 6 fully saturated rings. The molecule has 3 saturated carbocycles. The Bertz CT molecular complexity index is 1980. The number of aliphatic hydroxyl groups excluding tert-OH is 3. The van der Waals surface area contributed by atoms with Crippen molar-refractivity contribution in [3.63, 3.8) is 0 Å². The lowest BCUT2D eigenvalue weighted by atomic mass is 9.50. The van der Waals surface area contributed by atoms with Gasteiger partial charge in [0.1, 0.15) is 40.7 Å². The molecule has 4 N–H and O–H groups in total. The SMILES string of the molecule is C=C(C)C12OC3(c4ccccc4)OC(C)(C1OC(=O)c1ccccc1)C1(O3)C(C3OC3(CO)C(O)C3(O)C(OC(=O)c4ccccc4)C(C)CC31)C2O. The number of hydrogen-bond acceptors (Lipinski definition) is 12. The smallest absolute Gasteiger partial charge is 0.338 e. The van der Waals surface area contributed by atoms with Crippen molar-refractivity contribution in [2.24, 2.45) is 17.8 Å². The summed E-state index contributed by atoms with van der Waals surface area (Å²) in [7, 11) is 0. The molecule has 0 amide bonds. The van der Waals surface area contributed by atoms with Gasteiger partial charge in [0.05, 0.1) is 29.8 Å². The average molecular weight is 727 g/mol. The molecule has 14 atom stereocenters. The van der Waals surface area contributed by atoms with Crippen molar-refractivity contribution in [3.05, 3.63) is 120 Å². The van der Waals surface area contributed by atoms with E-state index in [1.165, 1.54) is 0 Å². The van der Waals surface area contributed by atoms with E-state index in [1.807, 2.05) is 0 Å². The second kappa shape index (κ2) is 11.3. The Labute approximate surface area is 305 Å². The molecule has 3 saturated heterocycles. The molecule has 6 aliphatic rings. The zero-order valence-corrected chi connectivity index (χ0v) is 29.5. The molecule has 9 rings (SSSR count). The molecule has 3 aromatic carbocycles. The minimum Gasteiger partial charge on any atom is -0.455 e. The summed E-state index contributed by atoms with van der Waals surface area (Å²) in [5.74, 6) is -6.50. The largest absolute Gasteiger partial charge is 0.455 e. The second-order valence-electron chi connectivity index (χ2n) is 15.7. The summed E-state index contributed by atoms with van der Waals surface area (Å²) < 4.78 is 40.1. The summed E-state index contributed by atoms with van der Waals surface area (Å²) in [5.41, 5.74) is -8.60. The molecule has 0 radical (unpaired) electrons. The van der Waals surface area contributed by atoms with Gasteiger partial charge in [0.2, 0.25) is 0 Å². The zero-order valence-electron chi connectivity index (χ0n) is 29.5. The van der Waals surface area contributed by atoms with Crippen LogP contribution in [0.2, 0.25) is 0 Å². The van der Waals surface area contributed by atoms with Gasteiger partial charge in [-0.25, -0.2) is 9.59 Å². The summed E-state index contributed by atoms with van der Waals surface area (Å²) in [4.78, 5) is 27.7. The van der Waals surface area contributed by atoms with E-state index in [0.717, 1.165) is 0 Å². The van der Waals surface area contributed by atoms with Crippen molar-refractivity contribution < 1.29 is 58.4 Å². The minimum absolute atomic E-state index is 0.0843. The van der Waals surface area contributed by atoms with Gasteiger partial charge in [-0.1, -0.05) is 80.2 Å². The van der Waals surface area contributed by atoms with Crippen LogP contribution in [-0.4, -0.2) is 97.5 Å². The van der Waals surface area contributed by atoms with Crippen molar-refractivity contribution >= 4 is 11.9 Å². The second-order valence-corrected chi connectivity index (χ2v) is 15.7. The molecule has 3 aromatic rings. The van der Waals surface area contributed by atoms with Crippen LogP contribution in [0.5, 0.6) is 0 Å². The molecular weight excluding hydrogens is 684 g/mol. The number of carbonyl (C=O) groups is 2. The van der Waals surface area contributed by atoms with E-state index in [4.69, 9.17) is 28.4 Å². The third-order valence-electron chi connectivity index (χ3n) is 13.1. The van der Waals surface area contributed by atoms with Gasteiger partial charge in [0.25, 0.3) is 0 Å². The molecule has 12 nitrogen and oxygen atoms in total. The number of esters is 2. The van der Waals surface area contributed by atoms with Crippen LogP contribution in [0.3, 0.4) is 0 Å². The van der Waals surface area contributed by atoms with Crippen molar-refractivity contribution in [2.75, 3.05) is 6.61 Å². The van der Waals surface area contributed by atoms with Crippen LogP contribution in [0.25, 0.3) is 0 Å². The van der Waals surface area contributed by atoms with E-state index in [0.29, 0.717) is 5.56 Å². The number of benzene rings is 3. The summed E-state index contributed by atoms with van der Waals surface area (Å²) in [6.07, 6.45) is -7.31. The third kappa shape index (κ3) is 4.12. The first-order valence-electron chi connectivity index (χ1n) is 18.0. The fourth-order valence-corrected chi connectivity index (χ4v) is 10.8. The van der Waals surface area contributed by atoms with Gasteiger partial charge in [0.15, 0.2) is 11.7 Å². The molecule has 0 aromatic heterocycles. The highest BCUT2D eigenvalue weighted by Crippen LogP contribution is 2.77. The molecular formula is C41H42O12. The lowest BCUT2D eigenvalue weighted by molar-refractivity contribution is -0.443. The maximum absolute atomic E-state index is 14.0. The number of aliphatic hydroxyl groups is 4. The number of ether oxygens (including phenoxy) is 6. The molecule has 1 spiro atoms. The number of rotatable bonds is 7. The van der Waals surface area contributed by atoms with Gasteiger partial charge in [-0.3, -0.25) is 0 Å². The van der Waals surface area contributed by atoms with Crippen molar-refractivity contribution in [1.29, 1.82) is 0 Å². The van der Waals surface area contributed by atoms with E-state index < -0.39 is 101 Å². The van der Waals surface area contributed by atoms with Crippen molar-refractivity contribution in [2.45, 2.75) is 91.7 Å². The molecule has 3 aliphatic heterocycles. The monoisotopic (exact) mass is 726 g/mol. The van der Waals surface area contributed by atoms with Gasteiger partial charge >= 0.3 is 17.9 Å². The van der Waals surface area contributed by atoms with Crippen LogP contribution in [0.1, 0.15) is 53.5 Å². The Morgan fingerprint density at radius 1 is 0.868 bits per heavy atom. The van der Waals surface area contributed by atoms with Gasteiger partial charge < -0.3 is 48.8 Å². The van der Waals surface area contributed by atoms with Crippen LogP contribution in [0.4, 0.5) is 0 Å². The normalized spacial score (nSPS) is 45.6. The molecule has 12 heteroatoms. The summed E-state index contributed by atoms with van der Waals surface area (Å²) in [6.45, 7) is 8.63. The summed E-state index contributed by atoms with van der Waals surface area (Å²) in [6, 6.07) is 25.4. The number of carbonyl (C=O) groups excluding carboxylic acids is 2. The van der Waals surface area contributed by atoms with Gasteiger partial charge in [-0.2, -0.15) is 0 Å². The Hall–Kier alpha value is -3.98. The van der Waals surface area contributed by atoms with Gasteiger partial charge in [-0.15, -0.1) is 0 Å². The maximum atomic E-state index is 14.0. The molecule has 14 unspecified atom stereocenters. The highest BCUT2D eigenvalue weighted by molar-refractivity contribution is 5.90. The fraction of sp³-hybridized carbons (Fsp3) is 0.463. The maximum Gasteiger partial charge on any atom is 0.338 e. The van der Waals surface area contributed by atoms with Crippen LogP contribution < -0.4 is 0 Å². The summed E-state index contributed by atoms with van der Waals surface area (Å²) in [5, 5.41) is 49.8. The van der Waals surface area contributed by atoms with Crippen LogP contribution >= 0.6 is 0 Å². The molecule has 3 bridgehead atoms. The zero-order chi connectivity index (χ0) is 37.3. The Kier molecular flexibility index (Phi) is 7.40. The highest BCUT2D eigenvalue weighted by Gasteiger charge is 2.95.